The summed E-state index contributed by atoms with van der Waals surface area (Å²) >= 11 is 0. The highest BCUT2D eigenvalue weighted by molar-refractivity contribution is 6.02. The lowest BCUT2D eigenvalue weighted by molar-refractivity contribution is 0.0688. The van der Waals surface area contributed by atoms with Crippen molar-refractivity contribution in [3.8, 4) is 5.75 Å². The van der Waals surface area contributed by atoms with Crippen LogP contribution in [0.2, 0.25) is 0 Å². The van der Waals surface area contributed by atoms with Crippen LogP contribution in [-0.2, 0) is 0 Å². The van der Waals surface area contributed by atoms with Gasteiger partial charge >= 0.3 is 11.9 Å². The highest BCUT2D eigenvalue weighted by Crippen LogP contribution is 2.18. The van der Waals surface area contributed by atoms with Crippen LogP contribution >= 0.6 is 0 Å². The molecule has 2 aromatic heterocycles. The topological polar surface area (TPSA) is 121 Å². The molecule has 0 saturated carbocycles. The Labute approximate surface area is 208 Å². The summed E-state index contributed by atoms with van der Waals surface area (Å²) in [6, 6.07) is 25.0. The summed E-state index contributed by atoms with van der Waals surface area (Å²) < 4.78 is 0. The number of para-hydroxylation sites is 3. The SMILES string of the molecule is Cc1ccc2cccc(C(=O)O)c2n1.Cc1ccc2cccc(C(=O)O)c2n1.Cc1ccccc1O. The number of aryl methyl sites for hydroxylation is 3. The molecule has 0 aliphatic rings. The molecular weight excluding hydrogens is 456 g/mol. The summed E-state index contributed by atoms with van der Waals surface area (Å²) in [5.41, 5.74) is 4.20. The van der Waals surface area contributed by atoms with Gasteiger partial charge in [0.25, 0.3) is 0 Å². The van der Waals surface area contributed by atoms with Crippen LogP contribution in [0, 0.1) is 20.8 Å². The molecule has 0 atom stereocenters. The van der Waals surface area contributed by atoms with Crippen LogP contribution in [0.25, 0.3) is 21.8 Å². The summed E-state index contributed by atoms with van der Waals surface area (Å²) in [5.74, 6) is -1.50. The Hall–Kier alpha value is -4.78. The molecular formula is C29H26N2O5. The van der Waals surface area contributed by atoms with Crippen molar-refractivity contribution in [2.24, 2.45) is 0 Å². The number of carboxylic acids is 2. The minimum Gasteiger partial charge on any atom is -0.508 e. The summed E-state index contributed by atoms with van der Waals surface area (Å²) in [4.78, 5) is 30.2. The van der Waals surface area contributed by atoms with Crippen LogP contribution in [0.3, 0.4) is 0 Å². The van der Waals surface area contributed by atoms with E-state index in [4.69, 9.17) is 15.3 Å². The van der Waals surface area contributed by atoms with E-state index in [1.165, 1.54) is 0 Å². The fourth-order valence-electron chi connectivity index (χ4n) is 3.40. The molecule has 3 N–H and O–H groups in total. The molecule has 0 aliphatic carbocycles. The van der Waals surface area contributed by atoms with Crippen LogP contribution in [0.4, 0.5) is 0 Å². The van der Waals surface area contributed by atoms with Crippen LogP contribution in [0.15, 0.2) is 84.9 Å². The van der Waals surface area contributed by atoms with Gasteiger partial charge in [-0.1, -0.05) is 54.6 Å². The number of rotatable bonds is 2. The van der Waals surface area contributed by atoms with Crippen molar-refractivity contribution >= 4 is 33.7 Å². The number of benzene rings is 3. The predicted octanol–water partition coefficient (Wildman–Crippen LogP) is 6.18. The Morgan fingerprint density at radius 1 is 0.583 bits per heavy atom. The summed E-state index contributed by atoms with van der Waals surface area (Å²) in [6.45, 7) is 5.56. The molecule has 0 amide bonds. The second kappa shape index (κ2) is 11.6. The molecule has 0 saturated heterocycles. The molecule has 0 spiro atoms. The minimum atomic E-state index is -0.936. The van der Waals surface area contributed by atoms with Crippen LogP contribution < -0.4 is 0 Å². The second-order valence-electron chi connectivity index (χ2n) is 8.06. The van der Waals surface area contributed by atoms with Crippen molar-refractivity contribution in [1.82, 2.24) is 9.97 Å². The Bertz CT molecular complexity index is 1430. The fraction of sp³-hybridized carbons (Fsp3) is 0.103. The maximum atomic E-state index is 10.9. The molecule has 0 fully saturated rings. The van der Waals surface area contributed by atoms with E-state index in [0.717, 1.165) is 27.7 Å². The van der Waals surface area contributed by atoms with E-state index >= 15 is 0 Å². The van der Waals surface area contributed by atoms with Crippen molar-refractivity contribution in [3.05, 3.63) is 113 Å². The van der Waals surface area contributed by atoms with Gasteiger partial charge in [0.1, 0.15) is 5.75 Å². The van der Waals surface area contributed by atoms with E-state index in [-0.39, 0.29) is 11.1 Å². The van der Waals surface area contributed by atoms with Crippen molar-refractivity contribution in [2.75, 3.05) is 0 Å². The normalized spacial score (nSPS) is 10.1. The van der Waals surface area contributed by atoms with Crippen molar-refractivity contribution in [3.63, 3.8) is 0 Å². The molecule has 36 heavy (non-hydrogen) atoms. The third-order valence-corrected chi connectivity index (χ3v) is 5.30. The van der Waals surface area contributed by atoms with Gasteiger partial charge in [0.2, 0.25) is 0 Å². The van der Waals surface area contributed by atoms with Gasteiger partial charge in [-0.25, -0.2) is 9.59 Å². The van der Waals surface area contributed by atoms with E-state index < -0.39 is 11.9 Å². The Kier molecular flexibility index (Phi) is 8.30. The minimum absolute atomic E-state index is 0.256. The first kappa shape index (κ1) is 25.8. The Morgan fingerprint density at radius 2 is 1.03 bits per heavy atom. The quantitative estimate of drug-likeness (QED) is 0.275. The number of carbonyl (C=O) groups is 2. The summed E-state index contributed by atoms with van der Waals surface area (Å²) in [5, 5.41) is 28.5. The van der Waals surface area contributed by atoms with Crippen LogP contribution in [0.1, 0.15) is 37.7 Å². The Morgan fingerprint density at radius 3 is 1.39 bits per heavy atom. The zero-order valence-electron chi connectivity index (χ0n) is 20.1. The smallest absolute Gasteiger partial charge is 0.337 e. The summed E-state index contributed by atoms with van der Waals surface area (Å²) in [6.07, 6.45) is 0. The van der Waals surface area contributed by atoms with E-state index in [1.54, 1.807) is 30.3 Å². The fourth-order valence-corrected chi connectivity index (χ4v) is 3.40. The van der Waals surface area contributed by atoms with Gasteiger partial charge in [0.15, 0.2) is 0 Å². The van der Waals surface area contributed by atoms with Crippen LogP contribution in [-0.4, -0.2) is 37.2 Å². The summed E-state index contributed by atoms with van der Waals surface area (Å²) in [7, 11) is 0. The number of hydrogen-bond donors (Lipinski definition) is 3. The molecule has 0 unspecified atom stereocenters. The molecule has 7 nitrogen and oxygen atoms in total. The van der Waals surface area contributed by atoms with E-state index in [2.05, 4.69) is 9.97 Å². The number of carboxylic acid groups (broad SMARTS) is 2. The number of aromatic carboxylic acids is 2. The van der Waals surface area contributed by atoms with Crippen molar-refractivity contribution < 1.29 is 24.9 Å². The van der Waals surface area contributed by atoms with E-state index in [0.29, 0.717) is 16.8 Å². The van der Waals surface area contributed by atoms with Gasteiger partial charge in [-0.3, -0.25) is 9.97 Å². The van der Waals surface area contributed by atoms with Gasteiger partial charge in [-0.15, -0.1) is 0 Å². The van der Waals surface area contributed by atoms with Gasteiger partial charge in [-0.2, -0.15) is 0 Å². The largest absolute Gasteiger partial charge is 0.508 e. The number of aromatic nitrogens is 2. The number of fused-ring (bicyclic) bond motifs is 2. The number of phenolic OH excluding ortho intramolecular Hbond substituents is 1. The molecule has 5 aromatic rings. The molecule has 3 aromatic carbocycles. The zero-order valence-corrected chi connectivity index (χ0v) is 20.1. The number of hydrogen-bond acceptors (Lipinski definition) is 5. The molecule has 0 bridgehead atoms. The van der Waals surface area contributed by atoms with Crippen molar-refractivity contribution in [1.29, 1.82) is 0 Å². The number of phenols is 1. The third-order valence-electron chi connectivity index (χ3n) is 5.30. The zero-order chi connectivity index (χ0) is 26.2. The van der Waals surface area contributed by atoms with Crippen LogP contribution in [0.5, 0.6) is 5.75 Å². The predicted molar refractivity (Wildman–Crippen MR) is 140 cm³/mol. The first-order valence-corrected chi connectivity index (χ1v) is 11.1. The third kappa shape index (κ3) is 6.42. The second-order valence-corrected chi connectivity index (χ2v) is 8.06. The number of aromatic hydroxyl groups is 1. The average Bonchev–Trinajstić information content (AvgIpc) is 2.85. The van der Waals surface area contributed by atoms with Gasteiger partial charge < -0.3 is 15.3 Å². The molecule has 7 heteroatoms. The standard InChI is InChI=1S/2C11H9NO2.C7H8O/c2*1-7-5-6-8-3-2-4-9(11(13)14)10(8)12-7;1-6-4-2-3-5-7(6)8/h2*2-6H,1H3,(H,13,14);2-5,8H,1H3. The van der Waals surface area contributed by atoms with E-state index in [1.807, 2.05) is 75.4 Å². The van der Waals surface area contributed by atoms with Gasteiger partial charge in [0, 0.05) is 22.2 Å². The molecule has 0 radical (unpaired) electrons. The molecule has 182 valence electrons. The molecule has 0 aliphatic heterocycles. The maximum absolute atomic E-state index is 10.9. The monoisotopic (exact) mass is 482 g/mol. The first-order chi connectivity index (χ1) is 17.2. The maximum Gasteiger partial charge on any atom is 0.337 e. The van der Waals surface area contributed by atoms with Gasteiger partial charge in [0.05, 0.1) is 22.2 Å². The average molecular weight is 483 g/mol. The Balaban J connectivity index is 0.000000157. The highest BCUT2D eigenvalue weighted by Gasteiger charge is 2.09. The lowest BCUT2D eigenvalue weighted by Crippen LogP contribution is -1.99. The lowest BCUT2D eigenvalue weighted by atomic mass is 10.1. The van der Waals surface area contributed by atoms with Gasteiger partial charge in [-0.05, 0) is 56.7 Å². The first-order valence-electron chi connectivity index (χ1n) is 11.1. The number of nitrogens with zero attached hydrogens (tertiary/aromatic N) is 2. The lowest BCUT2D eigenvalue weighted by Gasteiger charge is -2.01. The molecule has 2 heterocycles. The molecule has 5 rings (SSSR count). The highest BCUT2D eigenvalue weighted by atomic mass is 16.4. The number of pyridine rings is 2. The van der Waals surface area contributed by atoms with E-state index in [9.17, 15) is 9.59 Å². The van der Waals surface area contributed by atoms with Crippen molar-refractivity contribution in [2.45, 2.75) is 20.8 Å².